The number of hydrogen-bond donors (Lipinski definition) is 2. The van der Waals surface area contributed by atoms with Crippen molar-refractivity contribution in [3.63, 3.8) is 0 Å². The minimum atomic E-state index is -3.59. The molecule has 13 heavy (non-hydrogen) atoms. The van der Waals surface area contributed by atoms with Crippen molar-refractivity contribution in [1.82, 2.24) is 19.9 Å². The van der Waals surface area contributed by atoms with E-state index < -0.39 is 9.84 Å². The quantitative estimate of drug-likeness (QED) is 0.708. The summed E-state index contributed by atoms with van der Waals surface area (Å²) in [6.45, 7) is 0. The number of aromatic nitrogens is 4. The van der Waals surface area contributed by atoms with Crippen LogP contribution in [-0.4, -0.2) is 28.4 Å². The monoisotopic (exact) mass is 198 g/mol. The molecule has 0 aliphatic carbocycles. The maximum Gasteiger partial charge on any atom is 0.273 e. The molecule has 2 rings (SSSR count). The van der Waals surface area contributed by atoms with Gasteiger partial charge in [-0.15, -0.1) is 0 Å². The molecule has 2 aromatic rings. The fourth-order valence-electron chi connectivity index (χ4n) is 0.887. The Balaban J connectivity index is 2.56. The smallest absolute Gasteiger partial charge is 0.273 e. The van der Waals surface area contributed by atoms with Crippen LogP contribution < -0.4 is 0 Å². The van der Waals surface area contributed by atoms with E-state index >= 15 is 0 Å². The number of rotatable bonds is 2. The lowest BCUT2D eigenvalue weighted by molar-refractivity contribution is 0.581. The average molecular weight is 198 g/mol. The molecule has 0 saturated heterocycles. The van der Waals surface area contributed by atoms with E-state index in [0.29, 0.717) is 0 Å². The second-order valence-corrected chi connectivity index (χ2v) is 4.07. The van der Waals surface area contributed by atoms with Crippen LogP contribution in [0, 0.1) is 0 Å². The third kappa shape index (κ3) is 1.22. The molecule has 0 bridgehead atoms. The molecule has 0 atom stereocenters. The average Bonchev–Trinajstić information content (AvgIpc) is 2.78. The molecule has 0 amide bonds. The maximum absolute atomic E-state index is 11.6. The van der Waals surface area contributed by atoms with E-state index in [1.54, 1.807) is 0 Å². The van der Waals surface area contributed by atoms with Crippen LogP contribution in [0.5, 0.6) is 0 Å². The molecule has 0 fully saturated rings. The highest BCUT2D eigenvalue weighted by molar-refractivity contribution is 7.91. The second kappa shape index (κ2) is 2.70. The third-order valence-electron chi connectivity index (χ3n) is 1.46. The van der Waals surface area contributed by atoms with Crippen molar-refractivity contribution >= 4 is 9.84 Å². The summed E-state index contributed by atoms with van der Waals surface area (Å²) in [5.74, 6) is 0. The van der Waals surface area contributed by atoms with Crippen LogP contribution in [0.15, 0.2) is 35.1 Å². The lowest BCUT2D eigenvalue weighted by Crippen LogP contribution is -2.05. The normalized spacial score (nSPS) is 11.7. The van der Waals surface area contributed by atoms with Gasteiger partial charge in [0.25, 0.3) is 9.84 Å². The zero-order valence-corrected chi connectivity index (χ0v) is 7.25. The van der Waals surface area contributed by atoms with E-state index in [1.807, 2.05) is 0 Å². The first-order chi connectivity index (χ1) is 6.21. The Morgan fingerprint density at radius 2 is 1.46 bits per heavy atom. The summed E-state index contributed by atoms with van der Waals surface area (Å²) in [7, 11) is -3.59. The SMILES string of the molecule is O=S(=O)(c1ncc[nH]1)c1ncc[nH]1. The lowest BCUT2D eigenvalue weighted by Gasteiger charge is -1.94. The van der Waals surface area contributed by atoms with Crippen molar-refractivity contribution in [2.75, 3.05) is 0 Å². The first-order valence-corrected chi connectivity index (χ1v) is 4.93. The minimum absolute atomic E-state index is 0.109. The van der Waals surface area contributed by atoms with E-state index in [0.717, 1.165) is 0 Å². The number of nitrogens with zero attached hydrogens (tertiary/aromatic N) is 2. The van der Waals surface area contributed by atoms with E-state index in [2.05, 4.69) is 19.9 Å². The van der Waals surface area contributed by atoms with Crippen LogP contribution in [0.1, 0.15) is 0 Å². The largest absolute Gasteiger partial charge is 0.335 e. The van der Waals surface area contributed by atoms with Gasteiger partial charge in [-0.05, 0) is 0 Å². The van der Waals surface area contributed by atoms with Crippen molar-refractivity contribution < 1.29 is 8.42 Å². The number of hydrogen-bond acceptors (Lipinski definition) is 4. The van der Waals surface area contributed by atoms with Crippen LogP contribution in [0.3, 0.4) is 0 Å². The second-order valence-electron chi connectivity index (χ2n) is 2.29. The predicted molar refractivity (Wildman–Crippen MR) is 42.6 cm³/mol. The molecule has 2 aromatic heterocycles. The van der Waals surface area contributed by atoms with E-state index in [9.17, 15) is 8.42 Å². The van der Waals surface area contributed by atoms with E-state index in [4.69, 9.17) is 0 Å². The highest BCUT2D eigenvalue weighted by Crippen LogP contribution is 2.11. The van der Waals surface area contributed by atoms with Crippen LogP contribution >= 0.6 is 0 Å². The molecule has 0 aromatic carbocycles. The highest BCUT2D eigenvalue weighted by Gasteiger charge is 2.22. The van der Waals surface area contributed by atoms with Gasteiger partial charge in [0.2, 0.25) is 10.3 Å². The summed E-state index contributed by atoms with van der Waals surface area (Å²) in [5, 5.41) is -0.218. The third-order valence-corrected chi connectivity index (χ3v) is 2.92. The first kappa shape index (κ1) is 7.99. The number of H-pyrrole nitrogens is 2. The molecular weight excluding hydrogens is 192 g/mol. The Labute approximate surface area is 74.0 Å². The van der Waals surface area contributed by atoms with Gasteiger partial charge in [0.05, 0.1) is 0 Å². The predicted octanol–water partition coefficient (Wildman–Crippen LogP) is -0.0344. The molecule has 2 heterocycles. The maximum atomic E-state index is 11.6. The Hall–Kier alpha value is -1.63. The molecule has 0 aliphatic rings. The zero-order chi connectivity index (χ0) is 9.31. The molecule has 68 valence electrons. The lowest BCUT2D eigenvalue weighted by atomic mass is 11.0. The van der Waals surface area contributed by atoms with Crippen molar-refractivity contribution in [2.45, 2.75) is 10.3 Å². The molecule has 0 radical (unpaired) electrons. The van der Waals surface area contributed by atoms with Gasteiger partial charge < -0.3 is 9.97 Å². The van der Waals surface area contributed by atoms with Gasteiger partial charge in [-0.1, -0.05) is 0 Å². The Kier molecular flexibility index (Phi) is 1.66. The standard InChI is InChI=1S/C6H6N4O2S/c11-13(12,5-7-1-2-8-5)6-9-3-4-10-6/h1-4H,(H,7,8)(H,9,10). The number of nitrogens with one attached hydrogen (secondary N) is 2. The highest BCUT2D eigenvalue weighted by atomic mass is 32.2. The number of sulfone groups is 1. The van der Waals surface area contributed by atoms with E-state index in [-0.39, 0.29) is 10.3 Å². The van der Waals surface area contributed by atoms with Gasteiger partial charge in [0.1, 0.15) is 0 Å². The number of imidazole rings is 2. The summed E-state index contributed by atoms with van der Waals surface area (Å²) in [6, 6.07) is 0. The van der Waals surface area contributed by atoms with Crippen molar-refractivity contribution in [1.29, 1.82) is 0 Å². The molecular formula is C6H6N4O2S. The van der Waals surface area contributed by atoms with Crippen molar-refractivity contribution in [3.8, 4) is 0 Å². The van der Waals surface area contributed by atoms with E-state index in [1.165, 1.54) is 24.8 Å². The minimum Gasteiger partial charge on any atom is -0.335 e. The molecule has 0 unspecified atom stereocenters. The van der Waals surface area contributed by atoms with Gasteiger partial charge in [0.15, 0.2) is 0 Å². The molecule has 0 aliphatic heterocycles. The van der Waals surface area contributed by atoms with Crippen LogP contribution in [0.25, 0.3) is 0 Å². The Morgan fingerprint density at radius 3 is 1.77 bits per heavy atom. The van der Waals surface area contributed by atoms with Gasteiger partial charge in [-0.2, -0.15) is 0 Å². The Morgan fingerprint density at radius 1 is 1.00 bits per heavy atom. The van der Waals surface area contributed by atoms with Crippen molar-refractivity contribution in [3.05, 3.63) is 24.8 Å². The zero-order valence-electron chi connectivity index (χ0n) is 6.43. The summed E-state index contributed by atoms with van der Waals surface area (Å²) in [5.41, 5.74) is 0. The van der Waals surface area contributed by atoms with Crippen LogP contribution in [0.4, 0.5) is 0 Å². The molecule has 0 spiro atoms. The molecule has 7 heteroatoms. The van der Waals surface area contributed by atoms with Crippen LogP contribution in [0.2, 0.25) is 0 Å². The van der Waals surface area contributed by atoms with Gasteiger partial charge >= 0.3 is 0 Å². The molecule has 2 N–H and O–H groups in total. The van der Waals surface area contributed by atoms with Crippen LogP contribution in [-0.2, 0) is 9.84 Å². The van der Waals surface area contributed by atoms with Gasteiger partial charge in [0, 0.05) is 24.8 Å². The molecule has 6 nitrogen and oxygen atoms in total. The Bertz CT molecular complexity index is 430. The fourth-order valence-corrected chi connectivity index (χ4v) is 1.92. The first-order valence-electron chi connectivity index (χ1n) is 3.45. The number of aromatic amines is 2. The molecule has 0 saturated carbocycles. The summed E-state index contributed by atoms with van der Waals surface area (Å²) in [6.07, 6.45) is 5.62. The summed E-state index contributed by atoms with van der Waals surface area (Å²) < 4.78 is 23.1. The van der Waals surface area contributed by atoms with Crippen molar-refractivity contribution in [2.24, 2.45) is 0 Å². The summed E-state index contributed by atoms with van der Waals surface area (Å²) >= 11 is 0. The summed E-state index contributed by atoms with van der Waals surface area (Å²) in [4.78, 5) is 12.3. The topological polar surface area (TPSA) is 91.5 Å². The van der Waals surface area contributed by atoms with Gasteiger partial charge in [-0.3, -0.25) is 0 Å². The fraction of sp³-hybridized carbons (Fsp3) is 0. The van der Waals surface area contributed by atoms with Gasteiger partial charge in [-0.25, -0.2) is 18.4 Å².